The van der Waals surface area contributed by atoms with Crippen LogP contribution in [-0.2, 0) is 16.0 Å². The average Bonchev–Trinajstić information content (AvgIpc) is 4.16. The number of nitrogens with two attached hydrogens (primary N) is 1. The Morgan fingerprint density at radius 1 is 0.651 bits per heavy atom. The summed E-state index contributed by atoms with van der Waals surface area (Å²) in [6, 6.07) is 35.4. The van der Waals surface area contributed by atoms with Crippen LogP contribution in [0.5, 0.6) is 0 Å². The van der Waals surface area contributed by atoms with E-state index in [4.69, 9.17) is 24.9 Å². The quantitative estimate of drug-likeness (QED) is 0.124. The lowest BCUT2D eigenvalue weighted by atomic mass is 9.96. The van der Waals surface area contributed by atoms with Crippen molar-refractivity contribution in [3.05, 3.63) is 137 Å². The number of carboxylic acid groups (broad SMARTS) is 1. The highest BCUT2D eigenvalue weighted by Crippen LogP contribution is 2.33. The maximum atomic E-state index is 13.0. The van der Waals surface area contributed by atoms with Gasteiger partial charge in [-0.2, -0.15) is 9.97 Å². The number of aliphatic carboxylic acids is 1. The molecule has 8 aromatic rings. The van der Waals surface area contributed by atoms with E-state index in [1.165, 1.54) is 0 Å². The molecule has 0 spiro atoms. The lowest BCUT2D eigenvalue weighted by Gasteiger charge is -2.14. The zero-order chi connectivity index (χ0) is 43.7. The summed E-state index contributed by atoms with van der Waals surface area (Å²) in [5, 5.41) is 22.8. The molecule has 4 aromatic carbocycles. The first-order chi connectivity index (χ1) is 30.6. The van der Waals surface area contributed by atoms with Crippen LogP contribution in [0.25, 0.3) is 45.3 Å². The fourth-order valence-corrected chi connectivity index (χ4v) is 9.05. The highest BCUT2D eigenvalue weighted by atomic mass is 32.1. The normalized spacial score (nSPS) is 15.7. The number of carbonyl (C=O) groups excluding carboxylic acids is 1. The van der Waals surface area contributed by atoms with Gasteiger partial charge in [-0.15, -0.1) is 22.7 Å². The van der Waals surface area contributed by atoms with Crippen molar-refractivity contribution in [3.8, 4) is 45.3 Å². The Morgan fingerprint density at radius 3 is 1.63 bits per heavy atom. The first-order valence-corrected chi connectivity index (χ1v) is 22.2. The Morgan fingerprint density at radius 2 is 1.14 bits per heavy atom. The van der Waals surface area contributed by atoms with Gasteiger partial charge in [-0.25, -0.2) is 9.97 Å². The SMILES string of the molecule is Cc1nc(-c2cccc(CC(=O)C3CCN(c4nc(-c5ccccc5)cs4)C3)c2)no1.Cc1nc(-c2cccc(N)c2)no1.O=C(O)C1CCN(c2nc(-c3ccccc3)cs2)C1. The highest BCUT2D eigenvalue weighted by Gasteiger charge is 2.31. The molecule has 63 heavy (non-hydrogen) atoms. The third-order valence-corrected chi connectivity index (χ3v) is 12.4. The van der Waals surface area contributed by atoms with E-state index in [1.54, 1.807) is 36.5 Å². The van der Waals surface area contributed by atoms with E-state index in [0.29, 0.717) is 48.5 Å². The van der Waals surface area contributed by atoms with Crippen molar-refractivity contribution in [2.45, 2.75) is 33.1 Å². The Labute approximate surface area is 372 Å². The van der Waals surface area contributed by atoms with Crippen LogP contribution in [0, 0.1) is 25.7 Å². The van der Waals surface area contributed by atoms with E-state index >= 15 is 0 Å². The summed E-state index contributed by atoms with van der Waals surface area (Å²) in [7, 11) is 0. The van der Waals surface area contributed by atoms with Crippen molar-refractivity contribution in [2.75, 3.05) is 41.7 Å². The molecule has 2 aliphatic heterocycles. The summed E-state index contributed by atoms with van der Waals surface area (Å²) in [6.45, 7) is 6.45. The molecule has 10 rings (SSSR count). The largest absolute Gasteiger partial charge is 0.481 e. The number of carbonyl (C=O) groups is 2. The lowest BCUT2D eigenvalue weighted by molar-refractivity contribution is -0.140. The number of nitrogen functional groups attached to an aromatic ring is 1. The van der Waals surface area contributed by atoms with Crippen molar-refractivity contribution < 1.29 is 23.7 Å². The van der Waals surface area contributed by atoms with E-state index in [1.807, 2.05) is 102 Å². The third-order valence-electron chi connectivity index (χ3n) is 10.6. The molecule has 3 N–H and O–H groups in total. The van der Waals surface area contributed by atoms with Crippen LogP contribution in [-0.4, -0.2) is 73.3 Å². The topological polar surface area (TPSA) is 190 Å². The number of benzene rings is 4. The second kappa shape index (κ2) is 19.8. The number of nitrogens with zero attached hydrogens (tertiary/aromatic N) is 8. The van der Waals surface area contributed by atoms with Crippen LogP contribution in [0.15, 0.2) is 129 Å². The predicted molar refractivity (Wildman–Crippen MR) is 245 cm³/mol. The summed E-state index contributed by atoms with van der Waals surface area (Å²) < 4.78 is 9.92. The van der Waals surface area contributed by atoms with Gasteiger partial charge in [0.1, 0.15) is 5.78 Å². The lowest BCUT2D eigenvalue weighted by Crippen LogP contribution is -2.23. The predicted octanol–water partition coefficient (Wildman–Crippen LogP) is 9.15. The fourth-order valence-electron chi connectivity index (χ4n) is 7.31. The summed E-state index contributed by atoms with van der Waals surface area (Å²) >= 11 is 3.22. The molecule has 2 aliphatic rings. The minimum Gasteiger partial charge on any atom is -0.481 e. The van der Waals surface area contributed by atoms with Gasteiger partial charge in [0, 0.05) is 91.1 Å². The highest BCUT2D eigenvalue weighted by molar-refractivity contribution is 7.14. The molecule has 4 aromatic heterocycles. The summed E-state index contributed by atoms with van der Waals surface area (Å²) in [5.74, 6) is 1.54. The maximum absolute atomic E-state index is 13.0. The first kappa shape index (κ1) is 42.6. The van der Waals surface area contributed by atoms with Crippen LogP contribution in [0.4, 0.5) is 16.0 Å². The van der Waals surface area contributed by atoms with E-state index in [2.05, 4.69) is 52.6 Å². The van der Waals surface area contributed by atoms with Crippen molar-refractivity contribution in [3.63, 3.8) is 0 Å². The van der Waals surface area contributed by atoms with E-state index in [9.17, 15) is 9.59 Å². The number of ketones is 1. The standard InChI is InChI=1S/C24H22N4O2S.C14H14N2O2S.C9H9N3O/c1-16-25-23(27-30-16)19-9-5-6-17(12-19)13-22(29)20-10-11-28(14-20)24-26-21(15-31-24)18-7-3-2-4-8-18;17-13(18)11-6-7-16(8-11)14-15-12(9-19-14)10-4-2-1-3-5-10;1-6-11-9(12-13-6)7-3-2-4-8(10)5-7/h2-9,12,15,20H,10-11,13-14H2,1H3;1-5,9,11H,6-8H2,(H,17,18);2-5H,10H2,1H3. The maximum Gasteiger partial charge on any atom is 0.308 e. The monoisotopic (exact) mass is 879 g/mol. The summed E-state index contributed by atoms with van der Waals surface area (Å²) in [6.07, 6.45) is 1.98. The van der Waals surface area contributed by atoms with Crippen molar-refractivity contribution in [1.29, 1.82) is 0 Å². The molecular formula is C47H45N9O5S2. The molecular weight excluding hydrogens is 835 g/mol. The van der Waals surface area contributed by atoms with Gasteiger partial charge < -0.3 is 29.7 Å². The van der Waals surface area contributed by atoms with E-state index in [0.717, 1.165) is 75.5 Å². The number of Topliss-reactive ketones (excluding diaryl/α,β-unsaturated/α-hetero) is 1. The van der Waals surface area contributed by atoms with Gasteiger partial charge in [-0.1, -0.05) is 101 Å². The van der Waals surface area contributed by atoms with Gasteiger partial charge in [0.15, 0.2) is 10.3 Å². The first-order valence-electron chi connectivity index (χ1n) is 20.5. The number of rotatable bonds is 10. The number of aromatic nitrogens is 6. The van der Waals surface area contributed by atoms with Crippen molar-refractivity contribution in [2.24, 2.45) is 11.8 Å². The zero-order valence-electron chi connectivity index (χ0n) is 34.7. The molecule has 0 saturated carbocycles. The van der Waals surface area contributed by atoms with Gasteiger partial charge >= 0.3 is 5.97 Å². The van der Waals surface area contributed by atoms with Crippen LogP contribution in [0.1, 0.15) is 30.2 Å². The van der Waals surface area contributed by atoms with Gasteiger partial charge in [0.25, 0.3) is 0 Å². The molecule has 0 radical (unpaired) electrons. The Kier molecular flexibility index (Phi) is 13.4. The number of hydrogen-bond donors (Lipinski definition) is 2. The second-order valence-corrected chi connectivity index (χ2v) is 16.9. The molecule has 320 valence electrons. The number of aryl methyl sites for hydroxylation is 2. The molecule has 0 aliphatic carbocycles. The third kappa shape index (κ3) is 10.9. The minimum absolute atomic E-state index is 0.0279. The van der Waals surface area contributed by atoms with Gasteiger partial charge in [0.05, 0.1) is 17.3 Å². The van der Waals surface area contributed by atoms with Crippen LogP contribution >= 0.6 is 22.7 Å². The number of anilines is 3. The van der Waals surface area contributed by atoms with Crippen molar-refractivity contribution >= 4 is 50.4 Å². The molecule has 2 atom stereocenters. The van der Waals surface area contributed by atoms with Crippen LogP contribution < -0.4 is 15.5 Å². The average molecular weight is 880 g/mol. The molecule has 6 heterocycles. The molecule has 14 nitrogen and oxygen atoms in total. The van der Waals surface area contributed by atoms with E-state index < -0.39 is 5.97 Å². The number of carboxylic acids is 1. The number of hydrogen-bond acceptors (Lipinski definition) is 15. The minimum atomic E-state index is -0.706. The van der Waals surface area contributed by atoms with Crippen LogP contribution in [0.2, 0.25) is 0 Å². The van der Waals surface area contributed by atoms with Crippen molar-refractivity contribution in [1.82, 2.24) is 30.2 Å². The Balaban J connectivity index is 0.000000144. The zero-order valence-corrected chi connectivity index (χ0v) is 36.3. The number of thiazole rings is 2. The fraction of sp³-hybridized carbons (Fsp3) is 0.234. The van der Waals surface area contributed by atoms with Gasteiger partial charge in [0.2, 0.25) is 23.4 Å². The molecule has 0 amide bonds. The Hall–Kier alpha value is -7.04. The smallest absolute Gasteiger partial charge is 0.308 e. The van der Waals surface area contributed by atoms with Gasteiger partial charge in [-0.05, 0) is 36.6 Å². The molecule has 2 fully saturated rings. The Bertz CT molecular complexity index is 2770. The van der Waals surface area contributed by atoms with Crippen LogP contribution in [0.3, 0.4) is 0 Å². The summed E-state index contributed by atoms with van der Waals surface area (Å²) in [4.78, 5) is 46.0. The molecule has 16 heteroatoms. The molecule has 2 saturated heterocycles. The van der Waals surface area contributed by atoms with Gasteiger partial charge in [-0.3, -0.25) is 9.59 Å². The van der Waals surface area contributed by atoms with E-state index in [-0.39, 0.29) is 17.6 Å². The molecule has 2 unspecified atom stereocenters. The molecule has 0 bridgehead atoms. The summed E-state index contributed by atoms with van der Waals surface area (Å²) in [5.41, 5.74) is 13.2. The second-order valence-electron chi connectivity index (χ2n) is 15.2.